The second-order valence-corrected chi connectivity index (χ2v) is 8.94. The molecule has 0 bridgehead atoms. The van der Waals surface area contributed by atoms with Crippen molar-refractivity contribution in [3.8, 4) is 0 Å². The number of hydrogen-bond donors (Lipinski definition) is 0. The minimum atomic E-state index is -0.383. The highest BCUT2D eigenvalue weighted by molar-refractivity contribution is 5.82. The molecule has 2 saturated heterocycles. The second kappa shape index (κ2) is 9.07. The van der Waals surface area contributed by atoms with E-state index in [9.17, 15) is 19.3 Å². The number of nitro benzene ring substituents is 1. The van der Waals surface area contributed by atoms with Crippen LogP contribution in [-0.2, 0) is 22.5 Å². The van der Waals surface area contributed by atoms with Gasteiger partial charge in [0.05, 0.1) is 30.1 Å². The molecular formula is C24H27FN4O4. The van der Waals surface area contributed by atoms with Gasteiger partial charge in [0.2, 0.25) is 5.91 Å². The van der Waals surface area contributed by atoms with Crippen LogP contribution in [0.15, 0.2) is 42.5 Å². The molecule has 0 aliphatic carbocycles. The van der Waals surface area contributed by atoms with Crippen molar-refractivity contribution in [2.45, 2.75) is 19.0 Å². The number of rotatable bonds is 4. The lowest BCUT2D eigenvalue weighted by molar-refractivity contribution is -0.384. The van der Waals surface area contributed by atoms with Crippen molar-refractivity contribution in [3.63, 3.8) is 0 Å². The Balaban J connectivity index is 1.43. The number of benzene rings is 2. The van der Waals surface area contributed by atoms with Crippen LogP contribution in [0.4, 0.5) is 15.8 Å². The van der Waals surface area contributed by atoms with E-state index in [0.717, 1.165) is 29.9 Å². The van der Waals surface area contributed by atoms with E-state index in [1.54, 1.807) is 24.3 Å². The summed E-state index contributed by atoms with van der Waals surface area (Å²) in [7, 11) is 0. The summed E-state index contributed by atoms with van der Waals surface area (Å²) >= 11 is 0. The SMILES string of the molecule is O=C([C@H]1Cc2cc([N+](=O)[O-])ccc2N2CCN(Cc3ccc(F)cc3)C[C@H]12)N1CCOCC1. The van der Waals surface area contributed by atoms with Gasteiger partial charge in [-0.3, -0.25) is 19.8 Å². The largest absolute Gasteiger partial charge is 0.378 e. The Morgan fingerprint density at radius 1 is 1.09 bits per heavy atom. The monoisotopic (exact) mass is 454 g/mol. The van der Waals surface area contributed by atoms with Crippen LogP contribution in [0.1, 0.15) is 11.1 Å². The summed E-state index contributed by atoms with van der Waals surface area (Å²) in [5, 5.41) is 11.3. The summed E-state index contributed by atoms with van der Waals surface area (Å²) in [6.45, 7) is 5.13. The molecule has 0 saturated carbocycles. The molecule has 2 atom stereocenters. The summed E-state index contributed by atoms with van der Waals surface area (Å²) in [4.78, 5) is 31.0. The number of nitrogens with zero attached hydrogens (tertiary/aromatic N) is 4. The van der Waals surface area contributed by atoms with Gasteiger partial charge in [0.15, 0.2) is 0 Å². The molecule has 0 N–H and O–H groups in total. The fourth-order valence-electron chi connectivity index (χ4n) is 5.28. The van der Waals surface area contributed by atoms with Gasteiger partial charge in [-0.25, -0.2) is 4.39 Å². The quantitative estimate of drug-likeness (QED) is 0.522. The average molecular weight is 455 g/mol. The molecule has 2 aromatic rings. The van der Waals surface area contributed by atoms with E-state index in [1.165, 1.54) is 12.1 Å². The van der Waals surface area contributed by atoms with Crippen LogP contribution in [0.5, 0.6) is 0 Å². The summed E-state index contributed by atoms with van der Waals surface area (Å²) in [6.07, 6.45) is 0.485. The highest BCUT2D eigenvalue weighted by Gasteiger charge is 2.43. The van der Waals surface area contributed by atoms with E-state index in [2.05, 4.69) is 9.80 Å². The van der Waals surface area contributed by atoms with Crippen LogP contribution in [0.2, 0.25) is 0 Å². The maximum atomic E-state index is 13.6. The van der Waals surface area contributed by atoms with Crippen LogP contribution < -0.4 is 4.90 Å². The highest BCUT2D eigenvalue weighted by atomic mass is 19.1. The van der Waals surface area contributed by atoms with E-state index in [0.29, 0.717) is 45.8 Å². The van der Waals surface area contributed by atoms with Gasteiger partial charge in [0.25, 0.3) is 5.69 Å². The minimum absolute atomic E-state index is 0.0245. The lowest BCUT2D eigenvalue weighted by Gasteiger charge is -2.50. The number of hydrogen-bond acceptors (Lipinski definition) is 6. The number of non-ortho nitro benzene ring substituents is 1. The van der Waals surface area contributed by atoms with Gasteiger partial charge in [-0.2, -0.15) is 0 Å². The summed E-state index contributed by atoms with van der Waals surface area (Å²) in [6, 6.07) is 11.5. The Morgan fingerprint density at radius 3 is 2.58 bits per heavy atom. The molecule has 0 spiro atoms. The molecule has 5 rings (SSSR count). The predicted molar refractivity (Wildman–Crippen MR) is 121 cm³/mol. The number of morpholine rings is 1. The Kier molecular flexibility index (Phi) is 5.99. The van der Waals surface area contributed by atoms with Crippen LogP contribution in [0, 0.1) is 21.8 Å². The molecule has 0 aromatic heterocycles. The lowest BCUT2D eigenvalue weighted by atomic mass is 9.82. The number of ether oxygens (including phenoxy) is 1. The number of nitro groups is 1. The molecule has 33 heavy (non-hydrogen) atoms. The zero-order valence-corrected chi connectivity index (χ0v) is 18.4. The topological polar surface area (TPSA) is 79.2 Å². The molecule has 9 heteroatoms. The fourth-order valence-corrected chi connectivity index (χ4v) is 5.28. The molecule has 3 aliphatic rings. The smallest absolute Gasteiger partial charge is 0.269 e. The number of amides is 1. The standard InChI is InChI=1S/C24H27FN4O4/c25-19-3-1-17(2-4-19)15-26-7-8-28-22-6-5-20(29(31)32)13-18(22)14-21(23(28)16-26)24(30)27-9-11-33-12-10-27/h1-6,13,21,23H,7-12,14-16H2/t21-,23+/m0/s1. The first-order valence-corrected chi connectivity index (χ1v) is 11.4. The Bertz CT molecular complexity index is 1040. The van der Waals surface area contributed by atoms with Gasteiger partial charge >= 0.3 is 0 Å². The zero-order valence-electron chi connectivity index (χ0n) is 18.4. The van der Waals surface area contributed by atoms with Gasteiger partial charge in [-0.1, -0.05) is 12.1 Å². The second-order valence-electron chi connectivity index (χ2n) is 8.94. The number of carbonyl (C=O) groups excluding carboxylic acids is 1. The third-order valence-electron chi connectivity index (χ3n) is 6.95. The van der Waals surface area contributed by atoms with Crippen molar-refractivity contribution in [1.29, 1.82) is 0 Å². The summed E-state index contributed by atoms with van der Waals surface area (Å²) in [5.41, 5.74) is 2.93. The van der Waals surface area contributed by atoms with E-state index in [-0.39, 0.29) is 34.3 Å². The zero-order chi connectivity index (χ0) is 22.9. The van der Waals surface area contributed by atoms with Crippen molar-refractivity contribution in [2.75, 3.05) is 50.8 Å². The minimum Gasteiger partial charge on any atom is -0.378 e. The molecule has 8 nitrogen and oxygen atoms in total. The van der Waals surface area contributed by atoms with Crippen molar-refractivity contribution in [2.24, 2.45) is 5.92 Å². The normalized spacial score (nSPS) is 23.1. The van der Waals surface area contributed by atoms with Crippen LogP contribution in [0.25, 0.3) is 0 Å². The average Bonchev–Trinajstić information content (AvgIpc) is 2.84. The summed E-state index contributed by atoms with van der Waals surface area (Å²) < 4.78 is 18.7. The van der Waals surface area contributed by atoms with Crippen LogP contribution >= 0.6 is 0 Å². The Hall–Kier alpha value is -3.04. The van der Waals surface area contributed by atoms with E-state index < -0.39 is 0 Å². The molecule has 0 radical (unpaired) electrons. The maximum absolute atomic E-state index is 13.6. The van der Waals surface area contributed by atoms with Gasteiger partial charge < -0.3 is 14.5 Å². The fraction of sp³-hybridized carbons (Fsp3) is 0.458. The lowest BCUT2D eigenvalue weighted by Crippen LogP contribution is -2.61. The predicted octanol–water partition coefficient (Wildman–Crippen LogP) is 2.46. The Labute approximate surface area is 191 Å². The van der Waals surface area contributed by atoms with E-state index >= 15 is 0 Å². The molecule has 0 unspecified atom stereocenters. The molecule has 1 amide bonds. The van der Waals surface area contributed by atoms with Crippen molar-refractivity contribution in [3.05, 3.63) is 69.5 Å². The maximum Gasteiger partial charge on any atom is 0.269 e. The molecule has 174 valence electrons. The van der Waals surface area contributed by atoms with Gasteiger partial charge in [0, 0.05) is 57.1 Å². The van der Waals surface area contributed by atoms with Crippen LogP contribution in [0.3, 0.4) is 0 Å². The van der Waals surface area contributed by atoms with E-state index in [1.807, 2.05) is 11.0 Å². The third-order valence-corrected chi connectivity index (χ3v) is 6.95. The first-order chi connectivity index (χ1) is 16.0. The Morgan fingerprint density at radius 2 is 1.85 bits per heavy atom. The van der Waals surface area contributed by atoms with Gasteiger partial charge in [-0.15, -0.1) is 0 Å². The van der Waals surface area contributed by atoms with Crippen molar-refractivity contribution >= 4 is 17.3 Å². The van der Waals surface area contributed by atoms with Crippen LogP contribution in [-0.4, -0.2) is 72.6 Å². The van der Waals surface area contributed by atoms with E-state index in [4.69, 9.17) is 4.74 Å². The molecule has 3 aliphatic heterocycles. The van der Waals surface area contributed by atoms with Crippen molar-refractivity contribution < 1.29 is 18.8 Å². The number of piperazine rings is 1. The number of anilines is 1. The van der Waals surface area contributed by atoms with Crippen molar-refractivity contribution in [1.82, 2.24) is 9.80 Å². The first-order valence-electron chi connectivity index (χ1n) is 11.4. The summed E-state index contributed by atoms with van der Waals surface area (Å²) in [5.74, 6) is -0.444. The molecular weight excluding hydrogens is 427 g/mol. The molecule has 2 aromatic carbocycles. The third kappa shape index (κ3) is 4.43. The number of halogens is 1. The number of carbonyl (C=O) groups is 1. The number of fused-ring (bicyclic) bond motifs is 3. The molecule has 2 fully saturated rings. The van der Waals surface area contributed by atoms with Gasteiger partial charge in [-0.05, 0) is 35.7 Å². The van der Waals surface area contributed by atoms with Gasteiger partial charge in [0.1, 0.15) is 5.82 Å². The first kappa shape index (κ1) is 21.8. The highest BCUT2D eigenvalue weighted by Crippen LogP contribution is 2.38. The molecule has 3 heterocycles.